The third-order valence-corrected chi connectivity index (χ3v) is 17.9. The van der Waals surface area contributed by atoms with Gasteiger partial charge in [-0.1, -0.05) is 51.9 Å². The SMILES string of the molecule is C=C(C)[C@@H]1CC[C@]2(CC(=O)N3CCN(Cc4cc(C)on4)CC3)CC[C@]3(C)[C@H](CC[C@@H]4[C@@]5(C)CC[C@H](OC(=O)CC(C)(C)C(=O)O)C(C)(C)C5CC[C@]43C)[C@@H]12. The summed E-state index contributed by atoms with van der Waals surface area (Å²) in [5.41, 5.74) is 1.47. The van der Waals surface area contributed by atoms with Gasteiger partial charge < -0.3 is 19.3 Å². The van der Waals surface area contributed by atoms with E-state index in [-0.39, 0.29) is 39.6 Å². The fourth-order valence-corrected chi connectivity index (χ4v) is 14.7. The van der Waals surface area contributed by atoms with E-state index >= 15 is 0 Å². The minimum Gasteiger partial charge on any atom is -0.481 e. The Morgan fingerprint density at radius 3 is 2.27 bits per heavy atom. The second kappa shape index (κ2) is 14.0. The van der Waals surface area contributed by atoms with E-state index in [9.17, 15) is 19.5 Å². The zero-order chi connectivity index (χ0) is 39.9. The van der Waals surface area contributed by atoms with Gasteiger partial charge in [0.15, 0.2) is 0 Å². The number of fused-ring (bicyclic) bond motifs is 7. The van der Waals surface area contributed by atoms with Gasteiger partial charge in [0, 0.05) is 50.6 Å². The van der Waals surface area contributed by atoms with Crippen LogP contribution >= 0.6 is 0 Å². The summed E-state index contributed by atoms with van der Waals surface area (Å²) in [5, 5.41) is 13.8. The van der Waals surface area contributed by atoms with Gasteiger partial charge in [-0.05, 0) is 143 Å². The van der Waals surface area contributed by atoms with Gasteiger partial charge in [0.05, 0.1) is 17.5 Å². The monoisotopic (exact) mass is 762 g/mol. The minimum atomic E-state index is -1.15. The first-order chi connectivity index (χ1) is 25.7. The predicted octanol–water partition coefficient (Wildman–Crippen LogP) is 9.09. The van der Waals surface area contributed by atoms with Crippen LogP contribution in [0.15, 0.2) is 22.7 Å². The number of aryl methyl sites for hydroxylation is 1. The van der Waals surface area contributed by atoms with E-state index in [0.29, 0.717) is 41.9 Å². The van der Waals surface area contributed by atoms with Crippen LogP contribution in [0.3, 0.4) is 0 Å². The van der Waals surface area contributed by atoms with E-state index in [4.69, 9.17) is 9.26 Å². The molecule has 1 aromatic rings. The van der Waals surface area contributed by atoms with Gasteiger partial charge in [0.25, 0.3) is 0 Å². The number of hydrogen-bond acceptors (Lipinski definition) is 7. The standard InChI is InChI=1S/C46H71N3O6/c1-29(2)32-13-18-46(26-37(50)49-23-21-48(22-24-49)28-31-25-30(3)55-47-31)20-19-44(9)33(39(32)46)11-12-35-43(8)16-15-36(54-38(51)27-41(4,5)40(52)53)42(6,7)34(43)14-17-45(35,44)10/h25,32-36,39H,1,11-24,26-28H2,2-10H3,(H,52,53)/t32-,33+,34?,35+,36-,39+,43-,44+,45+,46+/m0/s1. The first-order valence-corrected chi connectivity index (χ1v) is 21.7. The number of carboxylic acid groups (broad SMARTS) is 1. The van der Waals surface area contributed by atoms with Crippen LogP contribution in [0.4, 0.5) is 0 Å². The lowest BCUT2D eigenvalue weighted by atomic mass is 9.32. The minimum absolute atomic E-state index is 0.0453. The molecular weight excluding hydrogens is 691 g/mol. The molecule has 10 atom stereocenters. The maximum atomic E-state index is 14.3. The summed E-state index contributed by atoms with van der Waals surface area (Å²) in [6, 6.07) is 2.01. The molecule has 7 rings (SSSR count). The molecule has 0 spiro atoms. The van der Waals surface area contributed by atoms with E-state index in [2.05, 4.69) is 63.1 Å². The van der Waals surface area contributed by atoms with E-state index < -0.39 is 17.4 Å². The molecule has 6 aliphatic rings. The molecule has 2 heterocycles. The Bertz CT molecular complexity index is 1670. The number of amides is 1. The van der Waals surface area contributed by atoms with Crippen LogP contribution < -0.4 is 0 Å². The van der Waals surface area contributed by atoms with Crippen LogP contribution in [0.25, 0.3) is 0 Å². The van der Waals surface area contributed by atoms with Crippen molar-refractivity contribution in [1.82, 2.24) is 15.0 Å². The molecule has 1 amide bonds. The van der Waals surface area contributed by atoms with Crippen molar-refractivity contribution in [3.8, 4) is 0 Å². The highest BCUT2D eigenvalue weighted by Gasteiger charge is 2.71. The highest BCUT2D eigenvalue weighted by Crippen LogP contribution is 2.78. The molecule has 9 nitrogen and oxygen atoms in total. The third kappa shape index (κ3) is 6.62. The lowest BCUT2D eigenvalue weighted by molar-refractivity contribution is -0.250. The van der Waals surface area contributed by atoms with Gasteiger partial charge in [-0.25, -0.2) is 0 Å². The highest BCUT2D eigenvalue weighted by molar-refractivity contribution is 5.81. The summed E-state index contributed by atoms with van der Waals surface area (Å²) in [6.07, 6.45) is 11.5. The Balaban J connectivity index is 1.07. The summed E-state index contributed by atoms with van der Waals surface area (Å²) in [7, 11) is 0. The van der Waals surface area contributed by atoms with Gasteiger partial charge in [-0.15, -0.1) is 0 Å². The number of esters is 1. The van der Waals surface area contributed by atoms with Crippen LogP contribution in [0.5, 0.6) is 0 Å². The second-order valence-electron chi connectivity index (χ2n) is 21.5. The number of aliphatic carboxylic acids is 1. The third-order valence-electron chi connectivity index (χ3n) is 17.9. The van der Waals surface area contributed by atoms with Crippen molar-refractivity contribution in [2.75, 3.05) is 26.2 Å². The predicted molar refractivity (Wildman–Crippen MR) is 213 cm³/mol. The topological polar surface area (TPSA) is 113 Å². The molecule has 1 saturated heterocycles. The van der Waals surface area contributed by atoms with E-state index in [1.165, 1.54) is 31.3 Å². The zero-order valence-electron chi connectivity index (χ0n) is 35.6. The average Bonchev–Trinajstić information content (AvgIpc) is 3.69. The summed E-state index contributed by atoms with van der Waals surface area (Å²) >= 11 is 0. The number of rotatable bonds is 9. The summed E-state index contributed by atoms with van der Waals surface area (Å²) in [5.74, 6) is 2.37. The average molecular weight is 762 g/mol. The van der Waals surface area contributed by atoms with Crippen LogP contribution in [-0.2, 0) is 25.7 Å². The molecule has 1 aliphatic heterocycles. The Labute approximate surface area is 330 Å². The molecular formula is C46H71N3O6. The van der Waals surface area contributed by atoms with Crippen molar-refractivity contribution in [1.29, 1.82) is 0 Å². The Kier molecular flexibility index (Phi) is 10.3. The van der Waals surface area contributed by atoms with Crippen molar-refractivity contribution in [2.45, 2.75) is 152 Å². The summed E-state index contributed by atoms with van der Waals surface area (Å²) in [6.45, 7) is 28.5. The van der Waals surface area contributed by atoms with E-state index in [0.717, 1.165) is 82.7 Å². The summed E-state index contributed by atoms with van der Waals surface area (Å²) < 4.78 is 11.5. The maximum Gasteiger partial charge on any atom is 0.309 e. The molecule has 6 fully saturated rings. The van der Waals surface area contributed by atoms with Crippen molar-refractivity contribution < 1.29 is 28.8 Å². The number of aromatic nitrogens is 1. The number of nitrogens with zero attached hydrogens (tertiary/aromatic N) is 3. The molecule has 5 aliphatic carbocycles. The Hall–Kier alpha value is -2.68. The molecule has 55 heavy (non-hydrogen) atoms. The first-order valence-electron chi connectivity index (χ1n) is 21.7. The number of hydrogen-bond donors (Lipinski definition) is 1. The van der Waals surface area contributed by atoms with Gasteiger partial charge in [-0.2, -0.15) is 0 Å². The first kappa shape index (κ1) is 40.5. The fraction of sp³-hybridized carbons (Fsp3) is 0.826. The lowest BCUT2D eigenvalue weighted by Gasteiger charge is -2.73. The molecule has 0 aromatic carbocycles. The van der Waals surface area contributed by atoms with E-state index in [1.54, 1.807) is 13.8 Å². The number of allylic oxidation sites excluding steroid dienone is 1. The number of carbonyl (C=O) groups is 3. The molecule has 1 N–H and O–H groups in total. The van der Waals surface area contributed by atoms with Gasteiger partial charge >= 0.3 is 11.9 Å². The van der Waals surface area contributed by atoms with Gasteiger partial charge in [0.1, 0.15) is 11.9 Å². The van der Waals surface area contributed by atoms with Crippen LogP contribution in [0.1, 0.15) is 144 Å². The van der Waals surface area contributed by atoms with Crippen molar-refractivity contribution in [3.05, 3.63) is 29.7 Å². The van der Waals surface area contributed by atoms with Crippen LogP contribution in [0.2, 0.25) is 0 Å². The van der Waals surface area contributed by atoms with Crippen LogP contribution in [-0.4, -0.2) is 70.2 Å². The molecule has 0 radical (unpaired) electrons. The van der Waals surface area contributed by atoms with Crippen molar-refractivity contribution in [2.24, 2.45) is 62.1 Å². The second-order valence-corrected chi connectivity index (χ2v) is 21.5. The van der Waals surface area contributed by atoms with E-state index in [1.807, 2.05) is 13.0 Å². The normalized spacial score (nSPS) is 40.0. The quantitative estimate of drug-likeness (QED) is 0.196. The Morgan fingerprint density at radius 2 is 1.64 bits per heavy atom. The highest BCUT2D eigenvalue weighted by atomic mass is 16.5. The van der Waals surface area contributed by atoms with Gasteiger partial charge in [-0.3, -0.25) is 19.3 Å². The molecule has 0 bridgehead atoms. The molecule has 5 saturated carbocycles. The fourth-order valence-electron chi connectivity index (χ4n) is 14.7. The maximum absolute atomic E-state index is 14.3. The number of carboxylic acids is 1. The molecule has 1 aromatic heterocycles. The molecule has 1 unspecified atom stereocenters. The van der Waals surface area contributed by atoms with Crippen molar-refractivity contribution >= 4 is 17.8 Å². The number of carbonyl (C=O) groups excluding carboxylic acids is 2. The summed E-state index contributed by atoms with van der Waals surface area (Å²) in [4.78, 5) is 43.8. The van der Waals surface area contributed by atoms with Crippen molar-refractivity contribution in [3.63, 3.8) is 0 Å². The molecule has 9 heteroatoms. The Morgan fingerprint density at radius 1 is 0.927 bits per heavy atom. The number of ether oxygens (including phenoxy) is 1. The largest absolute Gasteiger partial charge is 0.481 e. The zero-order valence-corrected chi connectivity index (χ0v) is 35.6. The van der Waals surface area contributed by atoms with Crippen LogP contribution in [0, 0.1) is 69.0 Å². The van der Waals surface area contributed by atoms with Gasteiger partial charge in [0.2, 0.25) is 5.91 Å². The number of piperazine rings is 1. The lowest BCUT2D eigenvalue weighted by Crippen LogP contribution is -2.67. The molecule has 306 valence electrons. The smallest absolute Gasteiger partial charge is 0.309 e.